The zero-order valence-electron chi connectivity index (χ0n) is 7.08. The Morgan fingerprint density at radius 1 is 1.62 bits per heavy atom. The lowest BCUT2D eigenvalue weighted by Crippen LogP contribution is -2.02. The minimum absolute atomic E-state index is 0.0180. The third-order valence-corrected chi connectivity index (χ3v) is 2.80. The van der Waals surface area contributed by atoms with E-state index < -0.39 is 5.97 Å². The molecule has 1 N–H and O–H groups in total. The second kappa shape index (κ2) is 4.53. The van der Waals surface area contributed by atoms with Crippen molar-refractivity contribution in [3.05, 3.63) is 28.8 Å². The largest absolute Gasteiger partial charge is 0.481 e. The predicted molar refractivity (Wildman–Crippen MR) is 54.6 cm³/mol. The Bertz CT molecular complexity index is 325. The Kier molecular flexibility index (Phi) is 3.63. The molecule has 13 heavy (non-hydrogen) atoms. The fourth-order valence-electron chi connectivity index (χ4n) is 1.05. The van der Waals surface area contributed by atoms with Crippen LogP contribution in [0.2, 0.25) is 5.02 Å². The minimum atomic E-state index is -0.858. The Labute approximate surface area is 85.9 Å². The van der Waals surface area contributed by atoms with Crippen LogP contribution in [-0.2, 0) is 11.2 Å². The van der Waals surface area contributed by atoms with E-state index in [1.165, 1.54) is 11.8 Å². The standard InChI is InChI=1S/C9H9ClO2S/c1-13-8-4-2-3-7(10)6(8)5-9(11)12/h2-4H,5H2,1H3,(H,11,12). The number of halogens is 1. The zero-order chi connectivity index (χ0) is 9.84. The van der Waals surface area contributed by atoms with Crippen molar-refractivity contribution in [3.63, 3.8) is 0 Å². The van der Waals surface area contributed by atoms with Crippen molar-refractivity contribution in [1.82, 2.24) is 0 Å². The Morgan fingerprint density at radius 2 is 2.31 bits per heavy atom. The monoisotopic (exact) mass is 216 g/mol. The average Bonchev–Trinajstić information content (AvgIpc) is 2.08. The maximum atomic E-state index is 10.5. The Hall–Kier alpha value is -0.670. The maximum Gasteiger partial charge on any atom is 0.307 e. The molecule has 0 bridgehead atoms. The summed E-state index contributed by atoms with van der Waals surface area (Å²) in [5.74, 6) is -0.858. The van der Waals surface area contributed by atoms with Crippen LogP contribution in [0, 0.1) is 0 Å². The van der Waals surface area contributed by atoms with Crippen LogP contribution >= 0.6 is 23.4 Å². The van der Waals surface area contributed by atoms with Crippen molar-refractivity contribution in [2.45, 2.75) is 11.3 Å². The van der Waals surface area contributed by atoms with Crippen molar-refractivity contribution < 1.29 is 9.90 Å². The van der Waals surface area contributed by atoms with E-state index in [0.29, 0.717) is 10.6 Å². The predicted octanol–water partition coefficient (Wildman–Crippen LogP) is 2.69. The highest BCUT2D eigenvalue weighted by molar-refractivity contribution is 7.98. The Balaban J connectivity index is 3.07. The van der Waals surface area contributed by atoms with Gasteiger partial charge in [-0.3, -0.25) is 4.79 Å². The van der Waals surface area contributed by atoms with Gasteiger partial charge in [0.05, 0.1) is 6.42 Å². The van der Waals surface area contributed by atoms with Crippen LogP contribution in [0.3, 0.4) is 0 Å². The molecule has 0 aromatic heterocycles. The summed E-state index contributed by atoms with van der Waals surface area (Å²) in [6, 6.07) is 5.40. The van der Waals surface area contributed by atoms with Crippen molar-refractivity contribution in [2.75, 3.05) is 6.26 Å². The molecule has 0 heterocycles. The van der Waals surface area contributed by atoms with Gasteiger partial charge in [0.2, 0.25) is 0 Å². The number of hydrogen-bond donors (Lipinski definition) is 1. The molecule has 0 aliphatic carbocycles. The summed E-state index contributed by atoms with van der Waals surface area (Å²) in [7, 11) is 0. The van der Waals surface area contributed by atoms with E-state index in [9.17, 15) is 4.79 Å². The fraction of sp³-hybridized carbons (Fsp3) is 0.222. The summed E-state index contributed by atoms with van der Waals surface area (Å²) in [6.45, 7) is 0. The third-order valence-electron chi connectivity index (χ3n) is 1.62. The highest BCUT2D eigenvalue weighted by Gasteiger charge is 2.09. The SMILES string of the molecule is CSc1cccc(Cl)c1CC(=O)O. The van der Waals surface area contributed by atoms with Gasteiger partial charge in [0.25, 0.3) is 0 Å². The normalized spacial score (nSPS) is 10.0. The third kappa shape index (κ3) is 2.64. The van der Waals surface area contributed by atoms with Gasteiger partial charge in [-0.2, -0.15) is 0 Å². The molecule has 0 aliphatic heterocycles. The molecule has 1 rings (SSSR count). The topological polar surface area (TPSA) is 37.3 Å². The number of carbonyl (C=O) groups is 1. The number of carboxylic acid groups (broad SMARTS) is 1. The van der Waals surface area contributed by atoms with Crippen molar-refractivity contribution in [1.29, 1.82) is 0 Å². The molecule has 0 atom stereocenters. The molecule has 1 aromatic carbocycles. The van der Waals surface area contributed by atoms with Crippen LogP contribution in [0.5, 0.6) is 0 Å². The van der Waals surface area contributed by atoms with E-state index in [1.807, 2.05) is 18.4 Å². The highest BCUT2D eigenvalue weighted by Crippen LogP contribution is 2.27. The average molecular weight is 217 g/mol. The minimum Gasteiger partial charge on any atom is -0.481 e. The first-order valence-corrected chi connectivity index (χ1v) is 5.28. The van der Waals surface area contributed by atoms with Gasteiger partial charge < -0.3 is 5.11 Å². The van der Waals surface area contributed by atoms with Crippen LogP contribution in [0.4, 0.5) is 0 Å². The molecular weight excluding hydrogens is 208 g/mol. The van der Waals surface area contributed by atoms with Crippen LogP contribution in [-0.4, -0.2) is 17.3 Å². The number of thioether (sulfide) groups is 1. The number of aliphatic carboxylic acids is 1. The van der Waals surface area contributed by atoms with Crippen molar-refractivity contribution in [2.24, 2.45) is 0 Å². The van der Waals surface area contributed by atoms with Gasteiger partial charge in [-0.05, 0) is 24.0 Å². The van der Waals surface area contributed by atoms with E-state index >= 15 is 0 Å². The number of carboxylic acids is 1. The first-order valence-electron chi connectivity index (χ1n) is 3.68. The lowest BCUT2D eigenvalue weighted by atomic mass is 10.1. The summed E-state index contributed by atoms with van der Waals surface area (Å²) in [4.78, 5) is 11.4. The molecule has 0 fully saturated rings. The maximum absolute atomic E-state index is 10.5. The van der Waals surface area contributed by atoms with Crippen LogP contribution < -0.4 is 0 Å². The molecule has 0 saturated carbocycles. The van der Waals surface area contributed by atoms with Crippen LogP contribution in [0.15, 0.2) is 23.1 Å². The van der Waals surface area contributed by atoms with Gasteiger partial charge in [0.1, 0.15) is 0 Å². The second-order valence-electron chi connectivity index (χ2n) is 2.49. The first-order chi connectivity index (χ1) is 6.15. The van der Waals surface area contributed by atoms with E-state index in [1.54, 1.807) is 6.07 Å². The molecule has 0 spiro atoms. The first kappa shape index (κ1) is 10.4. The smallest absolute Gasteiger partial charge is 0.307 e. The van der Waals surface area contributed by atoms with E-state index in [-0.39, 0.29) is 6.42 Å². The number of hydrogen-bond acceptors (Lipinski definition) is 2. The second-order valence-corrected chi connectivity index (χ2v) is 3.75. The van der Waals surface area contributed by atoms with Crippen molar-refractivity contribution >= 4 is 29.3 Å². The molecule has 1 aromatic rings. The Morgan fingerprint density at radius 3 is 2.85 bits per heavy atom. The van der Waals surface area contributed by atoms with Crippen molar-refractivity contribution in [3.8, 4) is 0 Å². The van der Waals surface area contributed by atoms with Gasteiger partial charge >= 0.3 is 5.97 Å². The number of rotatable bonds is 3. The molecule has 0 aliphatic rings. The van der Waals surface area contributed by atoms with Gasteiger partial charge in [0, 0.05) is 9.92 Å². The van der Waals surface area contributed by atoms with Gasteiger partial charge in [0.15, 0.2) is 0 Å². The molecule has 4 heteroatoms. The summed E-state index contributed by atoms with van der Waals surface area (Å²) >= 11 is 7.38. The summed E-state index contributed by atoms with van der Waals surface area (Å²) in [5, 5.41) is 9.17. The lowest BCUT2D eigenvalue weighted by Gasteiger charge is -2.06. The quantitative estimate of drug-likeness (QED) is 0.790. The van der Waals surface area contributed by atoms with Gasteiger partial charge in [-0.25, -0.2) is 0 Å². The molecule has 0 amide bonds. The van der Waals surface area contributed by atoms with E-state index in [0.717, 1.165) is 4.90 Å². The summed E-state index contributed by atoms with van der Waals surface area (Å²) in [5.41, 5.74) is 0.698. The molecule has 70 valence electrons. The van der Waals surface area contributed by atoms with E-state index in [4.69, 9.17) is 16.7 Å². The van der Waals surface area contributed by atoms with Gasteiger partial charge in [-0.1, -0.05) is 17.7 Å². The highest BCUT2D eigenvalue weighted by atomic mass is 35.5. The molecule has 2 nitrogen and oxygen atoms in total. The van der Waals surface area contributed by atoms with Crippen LogP contribution in [0.1, 0.15) is 5.56 Å². The van der Waals surface area contributed by atoms with Gasteiger partial charge in [-0.15, -0.1) is 11.8 Å². The van der Waals surface area contributed by atoms with Crippen LogP contribution in [0.25, 0.3) is 0 Å². The fourth-order valence-corrected chi connectivity index (χ4v) is 1.99. The molecular formula is C9H9ClO2S. The zero-order valence-corrected chi connectivity index (χ0v) is 8.65. The molecule has 0 radical (unpaired) electrons. The lowest BCUT2D eigenvalue weighted by molar-refractivity contribution is -0.136. The molecule has 0 unspecified atom stereocenters. The number of benzene rings is 1. The van der Waals surface area contributed by atoms with E-state index in [2.05, 4.69) is 0 Å². The summed E-state index contributed by atoms with van der Waals surface area (Å²) in [6.07, 6.45) is 1.88. The molecule has 0 saturated heterocycles. The summed E-state index contributed by atoms with van der Waals surface area (Å²) < 4.78 is 0.